The van der Waals surface area contributed by atoms with Crippen molar-refractivity contribution in [2.45, 2.75) is 18.8 Å². The van der Waals surface area contributed by atoms with Crippen LogP contribution in [0.25, 0.3) is 0 Å². The van der Waals surface area contributed by atoms with Crippen LogP contribution < -0.4 is 11.1 Å². The Hall–Kier alpha value is -2.54. The fourth-order valence-corrected chi connectivity index (χ4v) is 2.29. The number of nitrogens with two attached hydrogens (primary N) is 1. The largest absolute Gasteiger partial charge is 0.465 e. The van der Waals surface area contributed by atoms with Gasteiger partial charge in [-0.1, -0.05) is 6.07 Å². The van der Waals surface area contributed by atoms with Crippen LogP contribution in [0.15, 0.2) is 30.7 Å². The summed E-state index contributed by atoms with van der Waals surface area (Å²) in [5.74, 6) is -0.470. The van der Waals surface area contributed by atoms with E-state index in [-0.39, 0.29) is 0 Å². The van der Waals surface area contributed by atoms with Gasteiger partial charge < -0.3 is 20.4 Å². The average molecular weight is 337 g/mol. The van der Waals surface area contributed by atoms with Crippen LogP contribution in [0.5, 0.6) is 0 Å². The first-order valence-electron chi connectivity index (χ1n) is 6.90. The molecule has 1 amide bonds. The van der Waals surface area contributed by atoms with Gasteiger partial charge >= 0.3 is 5.97 Å². The molecule has 2 rings (SSSR count). The van der Waals surface area contributed by atoms with Gasteiger partial charge in [-0.15, -0.1) is 11.6 Å². The van der Waals surface area contributed by atoms with Crippen LogP contribution >= 0.6 is 11.6 Å². The second-order valence-corrected chi connectivity index (χ2v) is 5.18. The summed E-state index contributed by atoms with van der Waals surface area (Å²) >= 11 is 6.07. The molecule has 23 heavy (non-hydrogen) atoms. The summed E-state index contributed by atoms with van der Waals surface area (Å²) in [7, 11) is 1.29. The number of carbonyl (C=O) groups is 2. The third kappa shape index (κ3) is 3.62. The maximum absolute atomic E-state index is 11.7. The van der Waals surface area contributed by atoms with Crippen molar-refractivity contribution >= 4 is 35.0 Å². The van der Waals surface area contributed by atoms with Gasteiger partial charge in [0.1, 0.15) is 11.2 Å². The number of imidazole rings is 1. The van der Waals surface area contributed by atoms with E-state index in [4.69, 9.17) is 22.1 Å². The Balaban J connectivity index is 2.47. The van der Waals surface area contributed by atoms with Crippen LogP contribution in [0, 0.1) is 0 Å². The fourth-order valence-electron chi connectivity index (χ4n) is 2.10. The second kappa shape index (κ2) is 7.15. The van der Waals surface area contributed by atoms with E-state index in [1.54, 1.807) is 24.7 Å². The number of ether oxygens (including phenoxy) is 1. The lowest BCUT2D eigenvalue weighted by Gasteiger charge is -2.16. The molecule has 0 radical (unpaired) electrons. The number of anilines is 2. The topological polar surface area (TPSA) is 99.2 Å². The standard InChI is InChI=1S/C15H17ClN4O3/c1-3-20-8-18-7-12(20)19-11-6-9(15(22)23-2)4-5-10(11)13(16)14(17)21/h4-8,13,19H,3H2,1-2H3,(H2,17,21). The number of hydrogen-bond acceptors (Lipinski definition) is 5. The number of alkyl halides is 1. The van der Waals surface area contributed by atoms with Gasteiger partial charge in [0.25, 0.3) is 0 Å². The van der Waals surface area contributed by atoms with E-state index < -0.39 is 17.3 Å². The van der Waals surface area contributed by atoms with Gasteiger partial charge in [0.2, 0.25) is 5.91 Å². The van der Waals surface area contributed by atoms with Gasteiger partial charge in [0.05, 0.1) is 25.2 Å². The van der Waals surface area contributed by atoms with E-state index in [1.165, 1.54) is 13.2 Å². The fraction of sp³-hybridized carbons (Fsp3) is 0.267. The van der Waals surface area contributed by atoms with Gasteiger partial charge in [-0.25, -0.2) is 9.78 Å². The van der Waals surface area contributed by atoms with Crippen LogP contribution in [-0.4, -0.2) is 28.5 Å². The van der Waals surface area contributed by atoms with E-state index in [2.05, 4.69) is 10.3 Å². The predicted octanol–water partition coefficient (Wildman–Crippen LogP) is 2.20. The maximum Gasteiger partial charge on any atom is 0.337 e. The minimum Gasteiger partial charge on any atom is -0.465 e. The Labute approximate surface area is 138 Å². The van der Waals surface area contributed by atoms with Crippen molar-refractivity contribution < 1.29 is 14.3 Å². The molecule has 3 N–H and O–H groups in total. The highest BCUT2D eigenvalue weighted by molar-refractivity contribution is 6.31. The molecular weight excluding hydrogens is 320 g/mol. The van der Waals surface area contributed by atoms with Crippen molar-refractivity contribution in [2.24, 2.45) is 5.73 Å². The van der Waals surface area contributed by atoms with Crippen molar-refractivity contribution in [1.29, 1.82) is 0 Å². The highest BCUT2D eigenvalue weighted by Crippen LogP contribution is 2.31. The summed E-state index contributed by atoms with van der Waals surface area (Å²) in [5, 5.41) is 2.10. The van der Waals surface area contributed by atoms with E-state index >= 15 is 0 Å². The smallest absolute Gasteiger partial charge is 0.337 e. The molecule has 0 aliphatic heterocycles. The molecule has 7 nitrogen and oxygen atoms in total. The third-order valence-corrected chi connectivity index (χ3v) is 3.76. The molecule has 2 aromatic rings. The number of aryl methyl sites for hydroxylation is 1. The maximum atomic E-state index is 11.7. The zero-order valence-electron chi connectivity index (χ0n) is 12.7. The van der Waals surface area contributed by atoms with Gasteiger partial charge in [0.15, 0.2) is 0 Å². The highest BCUT2D eigenvalue weighted by atomic mass is 35.5. The zero-order valence-corrected chi connectivity index (χ0v) is 13.5. The number of methoxy groups -OCH3 is 1. The van der Waals surface area contributed by atoms with Crippen LogP contribution in [0.1, 0.15) is 28.2 Å². The van der Waals surface area contributed by atoms with Crippen molar-refractivity contribution in [3.8, 4) is 0 Å². The number of halogens is 1. The van der Waals surface area contributed by atoms with E-state index in [0.717, 1.165) is 0 Å². The number of carbonyl (C=O) groups excluding carboxylic acids is 2. The van der Waals surface area contributed by atoms with Crippen LogP contribution in [0.3, 0.4) is 0 Å². The highest BCUT2D eigenvalue weighted by Gasteiger charge is 2.20. The molecule has 1 unspecified atom stereocenters. The van der Waals surface area contributed by atoms with Crippen molar-refractivity contribution in [1.82, 2.24) is 9.55 Å². The quantitative estimate of drug-likeness (QED) is 0.622. The zero-order chi connectivity index (χ0) is 17.0. The first-order chi connectivity index (χ1) is 11.0. The van der Waals surface area contributed by atoms with E-state index in [1.807, 2.05) is 11.5 Å². The van der Waals surface area contributed by atoms with E-state index in [0.29, 0.717) is 29.2 Å². The Morgan fingerprint density at radius 3 is 2.83 bits per heavy atom. The number of aromatic nitrogens is 2. The Morgan fingerprint density at radius 1 is 1.48 bits per heavy atom. The van der Waals surface area contributed by atoms with Crippen LogP contribution in [-0.2, 0) is 16.1 Å². The van der Waals surface area contributed by atoms with Crippen LogP contribution in [0.2, 0.25) is 0 Å². The first-order valence-corrected chi connectivity index (χ1v) is 7.34. The molecule has 1 aromatic heterocycles. The lowest BCUT2D eigenvalue weighted by atomic mass is 10.1. The number of amides is 1. The number of primary amides is 1. The summed E-state index contributed by atoms with van der Waals surface area (Å²) in [6.07, 6.45) is 3.30. The molecule has 122 valence electrons. The third-order valence-electron chi connectivity index (χ3n) is 3.31. The molecule has 0 aliphatic rings. The number of nitrogens with one attached hydrogen (secondary N) is 1. The minimum atomic E-state index is -1.03. The van der Waals surface area contributed by atoms with Gasteiger partial charge in [-0.3, -0.25) is 4.79 Å². The Bertz CT molecular complexity index is 729. The predicted molar refractivity (Wildman–Crippen MR) is 86.8 cm³/mol. The lowest BCUT2D eigenvalue weighted by molar-refractivity contribution is -0.117. The number of esters is 1. The number of benzene rings is 1. The van der Waals surface area contributed by atoms with Crippen molar-refractivity contribution in [3.05, 3.63) is 41.9 Å². The SMILES string of the molecule is CCn1cncc1Nc1cc(C(=O)OC)ccc1C(Cl)C(N)=O. The van der Waals surface area contributed by atoms with Gasteiger partial charge in [0, 0.05) is 17.8 Å². The normalized spacial score (nSPS) is 11.8. The summed E-state index contributed by atoms with van der Waals surface area (Å²) in [5.41, 5.74) is 6.57. The second-order valence-electron chi connectivity index (χ2n) is 4.75. The Morgan fingerprint density at radius 2 is 2.22 bits per heavy atom. The monoisotopic (exact) mass is 336 g/mol. The number of hydrogen-bond donors (Lipinski definition) is 2. The Kier molecular flexibility index (Phi) is 5.23. The summed E-state index contributed by atoms with van der Waals surface area (Å²) < 4.78 is 6.57. The average Bonchev–Trinajstić information content (AvgIpc) is 3.00. The van der Waals surface area contributed by atoms with Gasteiger partial charge in [-0.05, 0) is 19.1 Å². The molecular formula is C15H17ClN4O3. The molecule has 0 saturated heterocycles. The summed E-state index contributed by atoms with van der Waals surface area (Å²) in [6, 6.07) is 4.66. The molecule has 0 saturated carbocycles. The lowest BCUT2D eigenvalue weighted by Crippen LogP contribution is -2.18. The summed E-state index contributed by atoms with van der Waals surface area (Å²) in [6.45, 7) is 2.67. The first kappa shape index (κ1) is 16.8. The molecule has 1 aromatic carbocycles. The molecule has 0 fully saturated rings. The molecule has 1 atom stereocenters. The number of rotatable bonds is 6. The van der Waals surface area contributed by atoms with E-state index in [9.17, 15) is 9.59 Å². The molecule has 0 spiro atoms. The molecule has 8 heteroatoms. The molecule has 0 aliphatic carbocycles. The minimum absolute atomic E-state index is 0.328. The van der Waals surface area contributed by atoms with Crippen molar-refractivity contribution in [3.63, 3.8) is 0 Å². The molecule has 0 bridgehead atoms. The molecule has 1 heterocycles. The van der Waals surface area contributed by atoms with Crippen LogP contribution in [0.4, 0.5) is 11.5 Å². The number of nitrogens with zero attached hydrogens (tertiary/aromatic N) is 2. The summed E-state index contributed by atoms with van der Waals surface area (Å²) in [4.78, 5) is 27.2. The van der Waals surface area contributed by atoms with Crippen molar-refractivity contribution in [2.75, 3.05) is 12.4 Å². The van der Waals surface area contributed by atoms with Gasteiger partial charge in [-0.2, -0.15) is 0 Å².